The average Bonchev–Trinajstić information content (AvgIpc) is 2.69. The summed E-state index contributed by atoms with van der Waals surface area (Å²) in [5, 5.41) is 0. The molecule has 2 aliphatic heterocycles. The number of likely N-dealkylation sites (N-methyl/N-ethyl adjacent to an activating group) is 1. The number of ether oxygens (including phenoxy) is 2. The second kappa shape index (κ2) is 7.91. The summed E-state index contributed by atoms with van der Waals surface area (Å²) in [6.45, 7) is 4.24. The van der Waals surface area contributed by atoms with Crippen molar-refractivity contribution in [3.8, 4) is 11.5 Å². The van der Waals surface area contributed by atoms with E-state index in [0.29, 0.717) is 12.0 Å². The molecule has 0 radical (unpaired) electrons. The van der Waals surface area contributed by atoms with Gasteiger partial charge in [-0.2, -0.15) is 0 Å². The summed E-state index contributed by atoms with van der Waals surface area (Å²) in [4.78, 5) is 4.77. The Balaban J connectivity index is 1.57. The van der Waals surface area contributed by atoms with Crippen LogP contribution in [-0.4, -0.2) is 56.7 Å². The quantitative estimate of drug-likeness (QED) is 0.823. The van der Waals surface area contributed by atoms with Crippen molar-refractivity contribution in [3.05, 3.63) is 59.2 Å². The van der Waals surface area contributed by atoms with Gasteiger partial charge in [-0.1, -0.05) is 18.2 Å². The minimum Gasteiger partial charge on any atom is -0.497 e. The summed E-state index contributed by atoms with van der Waals surface area (Å²) in [6, 6.07) is 15.2. The van der Waals surface area contributed by atoms with E-state index in [-0.39, 0.29) is 0 Å². The lowest BCUT2D eigenvalue weighted by Gasteiger charge is -2.34. The highest BCUT2D eigenvalue weighted by Gasteiger charge is 2.26. The van der Waals surface area contributed by atoms with Crippen molar-refractivity contribution in [1.29, 1.82) is 0 Å². The molecular weight excluding hydrogens is 336 g/mol. The second-order valence-electron chi connectivity index (χ2n) is 8.01. The largest absolute Gasteiger partial charge is 0.497 e. The molecule has 2 aliphatic rings. The van der Waals surface area contributed by atoms with Crippen LogP contribution in [0.2, 0.25) is 0 Å². The van der Waals surface area contributed by atoms with Crippen LogP contribution in [0.1, 0.15) is 35.4 Å². The van der Waals surface area contributed by atoms with Gasteiger partial charge in [-0.3, -0.25) is 0 Å². The third kappa shape index (κ3) is 4.12. The van der Waals surface area contributed by atoms with Crippen LogP contribution in [-0.2, 0) is 6.54 Å². The molecule has 0 N–H and O–H groups in total. The third-order valence-corrected chi connectivity index (χ3v) is 5.89. The molecule has 1 saturated heterocycles. The van der Waals surface area contributed by atoms with Crippen molar-refractivity contribution in [1.82, 2.24) is 9.80 Å². The molecule has 1 fully saturated rings. The van der Waals surface area contributed by atoms with Crippen LogP contribution in [0.25, 0.3) is 0 Å². The Morgan fingerprint density at radius 1 is 0.926 bits per heavy atom. The molecule has 2 heterocycles. The summed E-state index contributed by atoms with van der Waals surface area (Å²) in [5.74, 6) is 2.30. The summed E-state index contributed by atoms with van der Waals surface area (Å²) in [5.41, 5.74) is 4.10. The molecule has 0 spiro atoms. The van der Waals surface area contributed by atoms with Crippen molar-refractivity contribution >= 4 is 0 Å². The summed E-state index contributed by atoms with van der Waals surface area (Å²) in [7, 11) is 6.11. The summed E-state index contributed by atoms with van der Waals surface area (Å²) < 4.78 is 11.8. The Morgan fingerprint density at radius 2 is 1.74 bits per heavy atom. The first kappa shape index (κ1) is 18.3. The van der Waals surface area contributed by atoms with Crippen LogP contribution in [0.4, 0.5) is 0 Å². The summed E-state index contributed by atoms with van der Waals surface area (Å²) in [6.07, 6.45) is 2.56. The lowest BCUT2D eigenvalue weighted by molar-refractivity contribution is 0.114. The molecular formula is C23H30N2O2. The number of likely N-dealkylation sites (tertiary alicyclic amines) is 1. The molecule has 4 rings (SSSR count). The van der Waals surface area contributed by atoms with Crippen LogP contribution in [0.15, 0.2) is 42.5 Å². The Morgan fingerprint density at radius 3 is 2.52 bits per heavy atom. The van der Waals surface area contributed by atoms with E-state index >= 15 is 0 Å². The smallest absolute Gasteiger partial charge is 0.120 e. The maximum Gasteiger partial charge on any atom is 0.120 e. The predicted molar refractivity (Wildman–Crippen MR) is 109 cm³/mol. The lowest BCUT2D eigenvalue weighted by atomic mass is 9.84. The second-order valence-corrected chi connectivity index (χ2v) is 8.01. The Hall–Kier alpha value is -2.04. The van der Waals surface area contributed by atoms with E-state index in [9.17, 15) is 0 Å². The van der Waals surface area contributed by atoms with Crippen molar-refractivity contribution < 1.29 is 9.47 Å². The minimum absolute atomic E-state index is 0.342. The fraction of sp³-hybridized carbons (Fsp3) is 0.478. The van der Waals surface area contributed by atoms with Crippen molar-refractivity contribution in [2.45, 2.75) is 31.4 Å². The number of hydrogen-bond acceptors (Lipinski definition) is 4. The van der Waals surface area contributed by atoms with Gasteiger partial charge < -0.3 is 19.3 Å². The van der Waals surface area contributed by atoms with Crippen LogP contribution < -0.4 is 9.47 Å². The number of benzene rings is 2. The van der Waals surface area contributed by atoms with Crippen LogP contribution >= 0.6 is 0 Å². The average molecular weight is 367 g/mol. The zero-order valence-corrected chi connectivity index (χ0v) is 16.6. The first-order chi connectivity index (χ1) is 13.1. The van der Waals surface area contributed by atoms with Gasteiger partial charge in [0.05, 0.1) is 7.11 Å². The molecule has 2 aromatic carbocycles. The first-order valence-electron chi connectivity index (χ1n) is 9.93. The number of fused-ring (bicyclic) bond motifs is 1. The van der Waals surface area contributed by atoms with Crippen LogP contribution in [0.3, 0.4) is 0 Å². The number of nitrogens with zero attached hydrogens (tertiary/aromatic N) is 2. The molecule has 27 heavy (non-hydrogen) atoms. The molecule has 1 atom stereocenters. The normalized spacial score (nSPS) is 21.7. The van der Waals surface area contributed by atoms with E-state index in [1.54, 1.807) is 7.11 Å². The van der Waals surface area contributed by atoms with Crippen LogP contribution in [0.5, 0.6) is 11.5 Å². The Kier molecular flexibility index (Phi) is 5.37. The van der Waals surface area contributed by atoms with Gasteiger partial charge in [0.2, 0.25) is 0 Å². The van der Waals surface area contributed by atoms with Gasteiger partial charge in [0.1, 0.15) is 17.6 Å². The molecule has 4 nitrogen and oxygen atoms in total. The van der Waals surface area contributed by atoms with Gasteiger partial charge in [-0.05, 0) is 67.9 Å². The van der Waals surface area contributed by atoms with Gasteiger partial charge in [-0.15, -0.1) is 0 Å². The Labute approximate surface area is 162 Å². The highest BCUT2D eigenvalue weighted by atomic mass is 16.5. The van der Waals surface area contributed by atoms with E-state index in [1.165, 1.54) is 16.7 Å². The number of rotatable bonds is 4. The SMILES string of the molecule is COc1cccc(C2CN(C)Cc3cc(OC4CCN(C)CC4)ccc32)c1. The van der Waals surface area contributed by atoms with Gasteiger partial charge in [0.25, 0.3) is 0 Å². The van der Waals surface area contributed by atoms with Gasteiger partial charge >= 0.3 is 0 Å². The number of methoxy groups -OCH3 is 1. The third-order valence-electron chi connectivity index (χ3n) is 5.89. The molecule has 4 heteroatoms. The first-order valence-corrected chi connectivity index (χ1v) is 9.93. The van der Waals surface area contributed by atoms with Crippen molar-refractivity contribution in [3.63, 3.8) is 0 Å². The predicted octanol–water partition coefficient (Wildman–Crippen LogP) is 3.75. The molecule has 0 amide bonds. The van der Waals surface area contributed by atoms with E-state index < -0.39 is 0 Å². The highest BCUT2D eigenvalue weighted by molar-refractivity contribution is 5.45. The molecule has 0 aliphatic carbocycles. The lowest BCUT2D eigenvalue weighted by Crippen LogP contribution is -2.35. The highest BCUT2D eigenvalue weighted by Crippen LogP contribution is 2.36. The van der Waals surface area contributed by atoms with Crippen molar-refractivity contribution in [2.75, 3.05) is 40.8 Å². The molecule has 0 bridgehead atoms. The Bertz CT molecular complexity index is 784. The van der Waals surface area contributed by atoms with E-state index in [1.807, 2.05) is 6.07 Å². The standard InChI is InChI=1S/C23H30N2O2/c1-24-11-9-19(10-12-24)27-21-7-8-22-18(14-21)15-25(2)16-23(22)17-5-4-6-20(13-17)26-3/h4-8,13-14,19,23H,9-12,15-16H2,1-3H3. The van der Waals surface area contributed by atoms with E-state index in [0.717, 1.165) is 50.5 Å². The van der Waals surface area contributed by atoms with Crippen LogP contribution in [0, 0.1) is 0 Å². The maximum absolute atomic E-state index is 6.32. The van der Waals surface area contributed by atoms with Crippen molar-refractivity contribution in [2.24, 2.45) is 0 Å². The van der Waals surface area contributed by atoms with E-state index in [4.69, 9.17) is 9.47 Å². The zero-order valence-electron chi connectivity index (χ0n) is 16.6. The number of piperidine rings is 1. The van der Waals surface area contributed by atoms with E-state index in [2.05, 4.69) is 60.3 Å². The molecule has 0 saturated carbocycles. The van der Waals surface area contributed by atoms with Gasteiger partial charge in [0, 0.05) is 32.1 Å². The monoisotopic (exact) mass is 366 g/mol. The molecule has 0 aromatic heterocycles. The fourth-order valence-corrected chi connectivity index (χ4v) is 4.34. The maximum atomic E-state index is 6.32. The minimum atomic E-state index is 0.342. The zero-order chi connectivity index (χ0) is 18.8. The summed E-state index contributed by atoms with van der Waals surface area (Å²) >= 11 is 0. The topological polar surface area (TPSA) is 24.9 Å². The molecule has 1 unspecified atom stereocenters. The fourth-order valence-electron chi connectivity index (χ4n) is 4.34. The molecule has 144 valence electrons. The number of hydrogen-bond donors (Lipinski definition) is 0. The van der Waals surface area contributed by atoms with Gasteiger partial charge in [-0.25, -0.2) is 0 Å². The van der Waals surface area contributed by atoms with Gasteiger partial charge in [0.15, 0.2) is 0 Å². The molecule has 2 aromatic rings.